The van der Waals surface area contributed by atoms with Crippen molar-refractivity contribution in [3.63, 3.8) is 0 Å². The first-order chi connectivity index (χ1) is 9.15. The Kier molecular flexibility index (Phi) is 3.03. The zero-order chi connectivity index (χ0) is 13.4. The minimum absolute atomic E-state index is 0.118. The number of H-pyrrole nitrogens is 1. The smallest absolute Gasteiger partial charge is 0.227 e. The van der Waals surface area contributed by atoms with Gasteiger partial charge in [0, 0.05) is 36.2 Å². The molecule has 0 saturated carbocycles. The van der Waals surface area contributed by atoms with Crippen LogP contribution in [-0.4, -0.2) is 34.9 Å². The van der Waals surface area contributed by atoms with Crippen molar-refractivity contribution < 1.29 is 4.79 Å². The Labute approximate surface area is 112 Å². The van der Waals surface area contributed by atoms with E-state index in [-0.39, 0.29) is 11.9 Å². The summed E-state index contributed by atoms with van der Waals surface area (Å²) in [6.07, 6.45) is 2.38. The molecule has 3 rings (SSSR count). The molecular weight excluding hydrogens is 238 g/mol. The predicted octanol–water partition coefficient (Wildman–Crippen LogP) is 1.52. The molecule has 4 nitrogen and oxygen atoms in total. The SMILES string of the molecule is CC1CN(C(=O)Cc2c[nH]c3ccccc23)CC1N. The maximum absolute atomic E-state index is 12.3. The first kappa shape index (κ1) is 12.2. The highest BCUT2D eigenvalue weighted by Crippen LogP contribution is 2.20. The van der Waals surface area contributed by atoms with Gasteiger partial charge >= 0.3 is 0 Å². The third-order valence-electron chi connectivity index (χ3n) is 4.04. The number of benzene rings is 1. The van der Waals surface area contributed by atoms with E-state index in [0.717, 1.165) is 23.0 Å². The molecule has 1 aromatic heterocycles. The Morgan fingerprint density at radius 2 is 2.21 bits per heavy atom. The second-order valence-corrected chi connectivity index (χ2v) is 5.48. The highest BCUT2D eigenvalue weighted by molar-refractivity contribution is 5.89. The lowest BCUT2D eigenvalue weighted by atomic mass is 10.1. The Hall–Kier alpha value is -1.81. The van der Waals surface area contributed by atoms with Crippen LogP contribution in [0.2, 0.25) is 0 Å². The van der Waals surface area contributed by atoms with Gasteiger partial charge in [0.05, 0.1) is 6.42 Å². The van der Waals surface area contributed by atoms with Crippen LogP contribution in [0.3, 0.4) is 0 Å². The summed E-state index contributed by atoms with van der Waals surface area (Å²) in [7, 11) is 0. The van der Waals surface area contributed by atoms with E-state index >= 15 is 0 Å². The maximum Gasteiger partial charge on any atom is 0.227 e. The number of amides is 1. The van der Waals surface area contributed by atoms with E-state index in [1.54, 1.807) is 0 Å². The standard InChI is InChI=1S/C15H19N3O/c1-10-8-18(9-13(10)16)15(19)6-11-7-17-14-5-3-2-4-12(11)14/h2-5,7,10,13,17H,6,8-9,16H2,1H3. The van der Waals surface area contributed by atoms with Gasteiger partial charge in [0.2, 0.25) is 5.91 Å². The van der Waals surface area contributed by atoms with Crippen molar-refractivity contribution in [2.24, 2.45) is 11.7 Å². The molecule has 0 spiro atoms. The molecule has 1 amide bonds. The molecule has 0 aliphatic carbocycles. The van der Waals surface area contributed by atoms with Gasteiger partial charge in [0.1, 0.15) is 0 Å². The van der Waals surface area contributed by atoms with Gasteiger partial charge < -0.3 is 15.6 Å². The second kappa shape index (κ2) is 4.70. The van der Waals surface area contributed by atoms with Crippen LogP contribution >= 0.6 is 0 Å². The van der Waals surface area contributed by atoms with Crippen molar-refractivity contribution in [2.75, 3.05) is 13.1 Å². The number of rotatable bonds is 2. The van der Waals surface area contributed by atoms with Gasteiger partial charge in [-0.15, -0.1) is 0 Å². The summed E-state index contributed by atoms with van der Waals surface area (Å²) in [5.74, 6) is 0.566. The van der Waals surface area contributed by atoms with E-state index in [1.165, 1.54) is 0 Å². The molecule has 100 valence electrons. The minimum atomic E-state index is 0.118. The van der Waals surface area contributed by atoms with Crippen LogP contribution < -0.4 is 5.73 Å². The summed E-state index contributed by atoms with van der Waals surface area (Å²) in [5.41, 5.74) is 8.11. The van der Waals surface area contributed by atoms with Crippen molar-refractivity contribution in [1.29, 1.82) is 0 Å². The van der Waals surface area contributed by atoms with Crippen molar-refractivity contribution in [1.82, 2.24) is 9.88 Å². The van der Waals surface area contributed by atoms with Gasteiger partial charge in [0.25, 0.3) is 0 Å². The van der Waals surface area contributed by atoms with Crippen LogP contribution in [0.1, 0.15) is 12.5 Å². The molecule has 2 unspecified atom stereocenters. The molecule has 1 aliphatic heterocycles. The molecule has 2 heterocycles. The van der Waals surface area contributed by atoms with Crippen LogP contribution in [0.4, 0.5) is 0 Å². The molecule has 0 bridgehead atoms. The minimum Gasteiger partial charge on any atom is -0.361 e. The largest absolute Gasteiger partial charge is 0.361 e. The third-order valence-corrected chi connectivity index (χ3v) is 4.04. The van der Waals surface area contributed by atoms with Crippen molar-refractivity contribution >= 4 is 16.8 Å². The summed E-state index contributed by atoms with van der Waals surface area (Å²) < 4.78 is 0. The van der Waals surface area contributed by atoms with Crippen LogP contribution in [0.15, 0.2) is 30.5 Å². The number of hydrogen-bond donors (Lipinski definition) is 2. The quantitative estimate of drug-likeness (QED) is 0.856. The Morgan fingerprint density at radius 1 is 1.42 bits per heavy atom. The monoisotopic (exact) mass is 257 g/mol. The van der Waals surface area contributed by atoms with E-state index in [2.05, 4.69) is 11.9 Å². The average molecular weight is 257 g/mol. The lowest BCUT2D eigenvalue weighted by Gasteiger charge is -2.15. The number of aromatic amines is 1. The van der Waals surface area contributed by atoms with Crippen LogP contribution in [0.5, 0.6) is 0 Å². The molecule has 1 aliphatic rings. The fourth-order valence-corrected chi connectivity index (χ4v) is 2.75. The van der Waals surface area contributed by atoms with E-state index in [0.29, 0.717) is 18.9 Å². The van der Waals surface area contributed by atoms with Gasteiger partial charge in [-0.1, -0.05) is 25.1 Å². The number of carbonyl (C=O) groups is 1. The van der Waals surface area contributed by atoms with Gasteiger partial charge in [-0.2, -0.15) is 0 Å². The number of nitrogens with two attached hydrogens (primary N) is 1. The number of aromatic nitrogens is 1. The Balaban J connectivity index is 1.76. The summed E-state index contributed by atoms with van der Waals surface area (Å²) >= 11 is 0. The fraction of sp³-hybridized carbons (Fsp3) is 0.400. The van der Waals surface area contributed by atoms with E-state index in [1.807, 2.05) is 35.4 Å². The van der Waals surface area contributed by atoms with Crippen LogP contribution in [0, 0.1) is 5.92 Å². The number of fused-ring (bicyclic) bond motifs is 1. The summed E-state index contributed by atoms with van der Waals surface area (Å²) in [4.78, 5) is 17.4. The molecular formula is C15H19N3O. The average Bonchev–Trinajstić information content (AvgIpc) is 2.95. The molecule has 4 heteroatoms. The molecule has 19 heavy (non-hydrogen) atoms. The third kappa shape index (κ3) is 2.24. The van der Waals surface area contributed by atoms with E-state index in [4.69, 9.17) is 5.73 Å². The second-order valence-electron chi connectivity index (χ2n) is 5.48. The van der Waals surface area contributed by atoms with Gasteiger partial charge in [-0.05, 0) is 17.5 Å². The van der Waals surface area contributed by atoms with Gasteiger partial charge in [-0.25, -0.2) is 0 Å². The topological polar surface area (TPSA) is 62.1 Å². The first-order valence-corrected chi connectivity index (χ1v) is 6.73. The zero-order valence-corrected chi connectivity index (χ0v) is 11.1. The number of hydrogen-bond acceptors (Lipinski definition) is 2. The summed E-state index contributed by atoms with van der Waals surface area (Å²) in [5, 5.41) is 1.13. The van der Waals surface area contributed by atoms with Crippen LogP contribution in [0.25, 0.3) is 10.9 Å². The molecule has 1 fully saturated rings. The van der Waals surface area contributed by atoms with Crippen molar-refractivity contribution in [3.05, 3.63) is 36.0 Å². The first-order valence-electron chi connectivity index (χ1n) is 6.73. The van der Waals surface area contributed by atoms with Crippen molar-refractivity contribution in [2.45, 2.75) is 19.4 Å². The normalized spacial score (nSPS) is 23.2. The van der Waals surface area contributed by atoms with Crippen LogP contribution in [-0.2, 0) is 11.2 Å². The Morgan fingerprint density at radius 3 is 2.95 bits per heavy atom. The number of nitrogens with one attached hydrogen (secondary N) is 1. The van der Waals surface area contributed by atoms with E-state index in [9.17, 15) is 4.79 Å². The maximum atomic E-state index is 12.3. The Bertz CT molecular complexity index is 594. The number of carbonyl (C=O) groups excluding carboxylic acids is 1. The highest BCUT2D eigenvalue weighted by Gasteiger charge is 2.29. The summed E-state index contributed by atoms with van der Waals surface area (Å²) in [6, 6.07) is 8.18. The highest BCUT2D eigenvalue weighted by atomic mass is 16.2. The molecule has 3 N–H and O–H groups in total. The molecule has 2 aromatic rings. The predicted molar refractivity (Wildman–Crippen MR) is 75.7 cm³/mol. The van der Waals surface area contributed by atoms with Gasteiger partial charge in [-0.3, -0.25) is 4.79 Å². The van der Waals surface area contributed by atoms with E-state index < -0.39 is 0 Å². The van der Waals surface area contributed by atoms with Crippen molar-refractivity contribution in [3.8, 4) is 0 Å². The number of para-hydroxylation sites is 1. The number of likely N-dealkylation sites (tertiary alicyclic amines) is 1. The fourth-order valence-electron chi connectivity index (χ4n) is 2.75. The lowest BCUT2D eigenvalue weighted by molar-refractivity contribution is -0.129. The lowest BCUT2D eigenvalue weighted by Crippen LogP contribution is -2.33. The zero-order valence-electron chi connectivity index (χ0n) is 11.1. The van der Waals surface area contributed by atoms with Gasteiger partial charge in [0.15, 0.2) is 0 Å². The summed E-state index contributed by atoms with van der Waals surface area (Å²) in [6.45, 7) is 3.56. The molecule has 1 saturated heterocycles. The molecule has 2 atom stereocenters. The molecule has 0 radical (unpaired) electrons. The number of nitrogens with zero attached hydrogens (tertiary/aromatic N) is 1. The molecule has 1 aromatic carbocycles.